The first-order chi connectivity index (χ1) is 8.76. The van der Waals surface area contributed by atoms with Gasteiger partial charge in [0.25, 0.3) is 0 Å². The number of hydrogen-bond acceptors (Lipinski definition) is 4. The third-order valence-electron chi connectivity index (χ3n) is 3.34. The normalized spacial score (nSPS) is 14.8. The van der Waals surface area contributed by atoms with Gasteiger partial charge in [-0.15, -0.1) is 11.3 Å². The summed E-state index contributed by atoms with van der Waals surface area (Å²) in [5.74, 6) is 0.522. The van der Waals surface area contributed by atoms with Crippen molar-refractivity contribution in [2.45, 2.75) is 19.4 Å². The van der Waals surface area contributed by atoms with E-state index in [-0.39, 0.29) is 0 Å². The van der Waals surface area contributed by atoms with Gasteiger partial charge < -0.3 is 10.1 Å². The molecule has 2 aromatic heterocycles. The lowest BCUT2D eigenvalue weighted by atomic mass is 9.93. The second kappa shape index (κ2) is 6.27. The molecule has 1 N–H and O–H groups in total. The van der Waals surface area contributed by atoms with Crippen LogP contribution < -0.4 is 5.32 Å². The Hall–Kier alpha value is -0.970. The Balaban J connectivity index is 2.20. The van der Waals surface area contributed by atoms with E-state index in [4.69, 9.17) is 4.74 Å². The minimum Gasteiger partial charge on any atom is -0.385 e. The second-order valence-corrected chi connectivity index (χ2v) is 5.55. The van der Waals surface area contributed by atoms with Crippen LogP contribution in [0.25, 0.3) is 10.2 Å². The number of nitrogens with zero attached hydrogens (tertiary/aromatic N) is 1. The van der Waals surface area contributed by atoms with Gasteiger partial charge in [-0.25, -0.2) is 0 Å². The van der Waals surface area contributed by atoms with E-state index in [1.165, 1.54) is 10.3 Å². The van der Waals surface area contributed by atoms with E-state index in [9.17, 15) is 0 Å². The molecule has 0 aliphatic rings. The van der Waals surface area contributed by atoms with Gasteiger partial charge in [0, 0.05) is 26.0 Å². The largest absolute Gasteiger partial charge is 0.385 e. The molecular formula is C14H20N2OS. The van der Waals surface area contributed by atoms with Crippen molar-refractivity contribution in [1.29, 1.82) is 0 Å². The van der Waals surface area contributed by atoms with E-state index >= 15 is 0 Å². The SMILES string of the molecule is CNC(c1cnc2ccsc2c1)C(C)CCOC. The Morgan fingerprint density at radius 1 is 1.50 bits per heavy atom. The maximum Gasteiger partial charge on any atom is 0.0809 e. The molecule has 2 unspecified atom stereocenters. The number of methoxy groups -OCH3 is 1. The van der Waals surface area contributed by atoms with E-state index in [1.807, 2.05) is 13.2 Å². The third-order valence-corrected chi connectivity index (χ3v) is 4.19. The van der Waals surface area contributed by atoms with Crippen LogP contribution in [0, 0.1) is 5.92 Å². The zero-order valence-electron chi connectivity index (χ0n) is 11.1. The van der Waals surface area contributed by atoms with Crippen molar-refractivity contribution in [2.24, 2.45) is 5.92 Å². The second-order valence-electron chi connectivity index (χ2n) is 4.60. The molecule has 3 nitrogen and oxygen atoms in total. The van der Waals surface area contributed by atoms with Crippen LogP contribution in [-0.2, 0) is 4.74 Å². The summed E-state index contributed by atoms with van der Waals surface area (Å²) in [6, 6.07) is 4.64. The first-order valence-electron chi connectivity index (χ1n) is 6.25. The molecule has 2 rings (SSSR count). The number of hydrogen-bond donors (Lipinski definition) is 1. The summed E-state index contributed by atoms with van der Waals surface area (Å²) < 4.78 is 6.42. The number of nitrogens with one attached hydrogen (secondary N) is 1. The van der Waals surface area contributed by atoms with E-state index in [0.717, 1.165) is 18.5 Å². The minimum absolute atomic E-state index is 0.333. The van der Waals surface area contributed by atoms with Crippen molar-refractivity contribution in [1.82, 2.24) is 10.3 Å². The van der Waals surface area contributed by atoms with Gasteiger partial charge >= 0.3 is 0 Å². The summed E-state index contributed by atoms with van der Waals surface area (Å²) in [6.45, 7) is 3.05. The quantitative estimate of drug-likeness (QED) is 0.870. The van der Waals surface area contributed by atoms with Gasteiger partial charge in [-0.3, -0.25) is 4.98 Å². The molecule has 98 valence electrons. The number of fused-ring (bicyclic) bond motifs is 1. The van der Waals surface area contributed by atoms with Gasteiger partial charge in [-0.05, 0) is 42.5 Å². The zero-order chi connectivity index (χ0) is 13.0. The molecule has 0 aromatic carbocycles. The molecule has 0 bridgehead atoms. The fourth-order valence-corrected chi connectivity index (χ4v) is 3.07. The molecule has 0 aliphatic carbocycles. The average molecular weight is 264 g/mol. The molecule has 2 atom stereocenters. The van der Waals surface area contributed by atoms with Crippen molar-refractivity contribution < 1.29 is 4.74 Å². The standard InChI is InChI=1S/C14H20N2OS/c1-10(4-6-17-3)14(15-2)11-8-13-12(16-9-11)5-7-18-13/h5,7-10,14-15H,4,6H2,1-3H3. The first kappa shape index (κ1) is 13.5. The van der Waals surface area contributed by atoms with Crippen LogP contribution in [0.2, 0.25) is 0 Å². The fourth-order valence-electron chi connectivity index (χ4n) is 2.28. The number of aromatic nitrogens is 1. The van der Waals surface area contributed by atoms with Crippen LogP contribution in [0.3, 0.4) is 0 Å². The molecule has 0 saturated heterocycles. The fraction of sp³-hybridized carbons (Fsp3) is 0.500. The van der Waals surface area contributed by atoms with E-state index in [1.54, 1.807) is 18.4 Å². The average Bonchev–Trinajstić information content (AvgIpc) is 2.84. The van der Waals surface area contributed by atoms with Crippen molar-refractivity contribution in [3.63, 3.8) is 0 Å². The molecule has 0 fully saturated rings. The van der Waals surface area contributed by atoms with E-state index in [0.29, 0.717) is 12.0 Å². The lowest BCUT2D eigenvalue weighted by Crippen LogP contribution is -2.24. The smallest absolute Gasteiger partial charge is 0.0809 e. The number of pyridine rings is 1. The van der Waals surface area contributed by atoms with Crippen molar-refractivity contribution in [2.75, 3.05) is 20.8 Å². The van der Waals surface area contributed by atoms with Crippen LogP contribution in [0.5, 0.6) is 0 Å². The predicted octanol–water partition coefficient (Wildman–Crippen LogP) is 3.23. The van der Waals surface area contributed by atoms with Gasteiger partial charge in [-0.1, -0.05) is 6.92 Å². The van der Waals surface area contributed by atoms with Crippen LogP contribution in [-0.4, -0.2) is 25.7 Å². The Bertz CT molecular complexity index is 497. The Labute approximate surface area is 112 Å². The third kappa shape index (κ3) is 2.88. The number of rotatable bonds is 6. The summed E-state index contributed by atoms with van der Waals surface area (Å²) in [5.41, 5.74) is 2.35. The Morgan fingerprint density at radius 2 is 2.33 bits per heavy atom. The maximum absolute atomic E-state index is 5.16. The lowest BCUT2D eigenvalue weighted by molar-refractivity contribution is 0.171. The first-order valence-corrected chi connectivity index (χ1v) is 7.13. The highest BCUT2D eigenvalue weighted by Gasteiger charge is 2.18. The van der Waals surface area contributed by atoms with Crippen LogP contribution in [0.4, 0.5) is 0 Å². The molecular weight excluding hydrogens is 244 g/mol. The Morgan fingerprint density at radius 3 is 3.06 bits per heavy atom. The zero-order valence-corrected chi connectivity index (χ0v) is 12.0. The molecule has 18 heavy (non-hydrogen) atoms. The molecule has 2 heterocycles. The van der Waals surface area contributed by atoms with E-state index < -0.39 is 0 Å². The minimum atomic E-state index is 0.333. The summed E-state index contributed by atoms with van der Waals surface area (Å²) in [7, 11) is 3.76. The van der Waals surface area contributed by atoms with Crippen LogP contribution >= 0.6 is 11.3 Å². The van der Waals surface area contributed by atoms with Crippen molar-refractivity contribution >= 4 is 21.6 Å². The lowest BCUT2D eigenvalue weighted by Gasteiger charge is -2.23. The Kier molecular flexibility index (Phi) is 4.69. The van der Waals surface area contributed by atoms with Crippen LogP contribution in [0.15, 0.2) is 23.7 Å². The summed E-state index contributed by atoms with van der Waals surface area (Å²) >= 11 is 1.74. The van der Waals surface area contributed by atoms with Gasteiger partial charge in [-0.2, -0.15) is 0 Å². The summed E-state index contributed by atoms with van der Waals surface area (Å²) in [4.78, 5) is 4.51. The maximum atomic E-state index is 5.16. The van der Waals surface area contributed by atoms with Gasteiger partial charge in [0.15, 0.2) is 0 Å². The summed E-state index contributed by atoms with van der Waals surface area (Å²) in [6.07, 6.45) is 3.03. The van der Waals surface area contributed by atoms with Crippen LogP contribution in [0.1, 0.15) is 24.9 Å². The molecule has 0 radical (unpaired) electrons. The molecule has 4 heteroatoms. The highest BCUT2D eigenvalue weighted by Crippen LogP contribution is 2.27. The molecule has 0 aliphatic heterocycles. The number of ether oxygens (including phenoxy) is 1. The highest BCUT2D eigenvalue weighted by molar-refractivity contribution is 7.17. The monoisotopic (exact) mass is 264 g/mol. The van der Waals surface area contributed by atoms with Gasteiger partial charge in [0.1, 0.15) is 0 Å². The summed E-state index contributed by atoms with van der Waals surface area (Å²) in [5, 5.41) is 5.48. The topological polar surface area (TPSA) is 34.2 Å². The van der Waals surface area contributed by atoms with E-state index in [2.05, 4.69) is 34.7 Å². The molecule has 0 saturated carbocycles. The van der Waals surface area contributed by atoms with Crippen molar-refractivity contribution in [3.05, 3.63) is 29.3 Å². The molecule has 0 amide bonds. The number of thiophene rings is 1. The molecule has 2 aromatic rings. The van der Waals surface area contributed by atoms with Gasteiger partial charge in [0.05, 0.1) is 10.2 Å². The predicted molar refractivity (Wildman–Crippen MR) is 77.1 cm³/mol. The highest BCUT2D eigenvalue weighted by atomic mass is 32.1. The van der Waals surface area contributed by atoms with Crippen molar-refractivity contribution in [3.8, 4) is 0 Å². The van der Waals surface area contributed by atoms with Gasteiger partial charge in [0.2, 0.25) is 0 Å². The molecule has 0 spiro atoms.